The first-order chi connectivity index (χ1) is 8.40. The van der Waals surface area contributed by atoms with Crippen molar-refractivity contribution in [3.8, 4) is 0 Å². The molecule has 2 atom stereocenters. The van der Waals surface area contributed by atoms with Crippen LogP contribution in [-0.4, -0.2) is 29.4 Å². The van der Waals surface area contributed by atoms with Crippen LogP contribution in [0.15, 0.2) is 17.0 Å². The van der Waals surface area contributed by atoms with Crippen molar-refractivity contribution in [2.24, 2.45) is 0 Å². The van der Waals surface area contributed by atoms with E-state index >= 15 is 0 Å². The zero-order chi connectivity index (χ0) is 13.4. The fraction of sp³-hybridized carbons (Fsp3) is 0.500. The highest BCUT2D eigenvalue weighted by Gasteiger charge is 2.32. The third-order valence-electron chi connectivity index (χ3n) is 3.57. The van der Waals surface area contributed by atoms with E-state index in [0.717, 1.165) is 0 Å². The Labute approximate surface area is 112 Å². The summed E-state index contributed by atoms with van der Waals surface area (Å²) < 4.78 is 0. The normalized spacial score (nSPS) is 22.8. The summed E-state index contributed by atoms with van der Waals surface area (Å²) in [7, 11) is 2.06. The van der Waals surface area contributed by atoms with Gasteiger partial charge in [0.25, 0.3) is 0 Å². The summed E-state index contributed by atoms with van der Waals surface area (Å²) in [5, 5.41) is 9.11. The maximum Gasteiger partial charge on any atom is 0.304 e. The molecule has 4 heteroatoms. The lowest BCUT2D eigenvalue weighted by molar-refractivity contribution is -0.137. The van der Waals surface area contributed by atoms with Gasteiger partial charge in [0.15, 0.2) is 0 Å². The number of hydrogen-bond donors (Lipinski definition) is 1. The molecule has 2 rings (SSSR count). The average molecular weight is 265 g/mol. The summed E-state index contributed by atoms with van der Waals surface area (Å²) in [4.78, 5) is 14.4. The Morgan fingerprint density at radius 1 is 1.44 bits per heavy atom. The van der Waals surface area contributed by atoms with E-state index in [2.05, 4.69) is 44.9 Å². The first-order valence-electron chi connectivity index (χ1n) is 6.12. The van der Waals surface area contributed by atoms with Crippen LogP contribution in [0.25, 0.3) is 0 Å². The van der Waals surface area contributed by atoms with Crippen molar-refractivity contribution >= 4 is 23.4 Å². The molecule has 0 saturated heterocycles. The molecule has 1 aromatic carbocycles. The number of carboxylic acid groups (broad SMARTS) is 1. The van der Waals surface area contributed by atoms with Gasteiger partial charge in [0.2, 0.25) is 0 Å². The molecular formula is C14H19NO2S. The van der Waals surface area contributed by atoms with E-state index in [1.54, 1.807) is 11.8 Å². The van der Waals surface area contributed by atoms with E-state index in [4.69, 9.17) is 5.11 Å². The predicted molar refractivity (Wildman–Crippen MR) is 75.7 cm³/mol. The number of thioether (sulfide) groups is 1. The van der Waals surface area contributed by atoms with Crippen molar-refractivity contribution in [2.45, 2.75) is 43.4 Å². The Morgan fingerprint density at radius 3 is 2.72 bits per heavy atom. The number of carbonyl (C=O) groups is 1. The number of rotatable bonds is 2. The fourth-order valence-electron chi connectivity index (χ4n) is 2.56. The molecule has 2 unspecified atom stereocenters. The number of hydrogen-bond acceptors (Lipinski definition) is 3. The zero-order valence-electron chi connectivity index (χ0n) is 11.2. The topological polar surface area (TPSA) is 40.5 Å². The first-order valence-corrected chi connectivity index (χ1v) is 7.00. The quantitative estimate of drug-likeness (QED) is 0.892. The van der Waals surface area contributed by atoms with E-state index < -0.39 is 5.97 Å². The van der Waals surface area contributed by atoms with Crippen molar-refractivity contribution in [1.29, 1.82) is 0 Å². The number of benzene rings is 1. The molecule has 0 spiro atoms. The predicted octanol–water partition coefficient (Wildman–Crippen LogP) is 3.08. The number of fused-ring (bicyclic) bond motifs is 1. The molecule has 3 nitrogen and oxygen atoms in total. The van der Waals surface area contributed by atoms with E-state index in [9.17, 15) is 4.79 Å². The van der Waals surface area contributed by atoms with Crippen LogP contribution in [-0.2, 0) is 4.79 Å². The van der Waals surface area contributed by atoms with Crippen LogP contribution < -0.4 is 4.90 Å². The third kappa shape index (κ3) is 2.34. The van der Waals surface area contributed by atoms with E-state index in [1.165, 1.54) is 21.7 Å². The second-order valence-corrected chi connectivity index (χ2v) is 6.32. The van der Waals surface area contributed by atoms with Crippen LogP contribution in [0.4, 0.5) is 5.69 Å². The number of aliphatic carboxylic acids is 1. The van der Waals surface area contributed by atoms with Gasteiger partial charge in [-0.25, -0.2) is 0 Å². The molecule has 0 aliphatic carbocycles. The third-order valence-corrected chi connectivity index (χ3v) is 4.99. The Bertz CT molecular complexity index is 487. The molecule has 0 saturated carbocycles. The molecule has 1 heterocycles. The molecule has 0 radical (unpaired) electrons. The number of aryl methyl sites for hydroxylation is 2. The van der Waals surface area contributed by atoms with Gasteiger partial charge in [-0.05, 0) is 38.0 Å². The Kier molecular flexibility index (Phi) is 3.57. The molecule has 0 fully saturated rings. The highest BCUT2D eigenvalue weighted by molar-refractivity contribution is 8.00. The molecule has 18 heavy (non-hydrogen) atoms. The van der Waals surface area contributed by atoms with Gasteiger partial charge in [-0.2, -0.15) is 0 Å². The van der Waals surface area contributed by atoms with Gasteiger partial charge in [-0.15, -0.1) is 11.8 Å². The molecule has 0 amide bonds. The van der Waals surface area contributed by atoms with Crippen molar-refractivity contribution in [2.75, 3.05) is 11.9 Å². The second kappa shape index (κ2) is 4.84. The molecule has 98 valence electrons. The molecule has 1 N–H and O–H groups in total. The van der Waals surface area contributed by atoms with Gasteiger partial charge in [-0.1, -0.05) is 6.07 Å². The van der Waals surface area contributed by atoms with Crippen molar-refractivity contribution in [3.05, 3.63) is 23.3 Å². The number of nitrogens with zero attached hydrogens (tertiary/aromatic N) is 1. The highest BCUT2D eigenvalue weighted by Crippen LogP contribution is 2.44. The average Bonchev–Trinajstić information content (AvgIpc) is 2.23. The van der Waals surface area contributed by atoms with Gasteiger partial charge in [0.05, 0.1) is 12.1 Å². The monoisotopic (exact) mass is 265 g/mol. The second-order valence-electron chi connectivity index (χ2n) is 5.03. The summed E-state index contributed by atoms with van der Waals surface area (Å²) in [6.45, 7) is 6.30. The van der Waals surface area contributed by atoms with Gasteiger partial charge in [0.1, 0.15) is 0 Å². The first kappa shape index (κ1) is 13.3. The summed E-state index contributed by atoms with van der Waals surface area (Å²) >= 11 is 1.70. The largest absolute Gasteiger partial charge is 0.481 e. The smallest absolute Gasteiger partial charge is 0.304 e. The molecule has 1 aliphatic rings. The van der Waals surface area contributed by atoms with E-state index in [1.807, 2.05) is 0 Å². The van der Waals surface area contributed by atoms with Gasteiger partial charge in [0, 0.05) is 23.2 Å². The summed E-state index contributed by atoms with van der Waals surface area (Å²) in [6.07, 6.45) is 0.211. The molecular weight excluding hydrogens is 246 g/mol. The Balaban J connectivity index is 2.40. The van der Waals surface area contributed by atoms with Crippen molar-refractivity contribution < 1.29 is 9.90 Å². The summed E-state index contributed by atoms with van der Waals surface area (Å²) in [6, 6.07) is 4.57. The molecule has 1 aromatic rings. The molecule has 1 aliphatic heterocycles. The number of anilines is 1. The van der Waals surface area contributed by atoms with Crippen LogP contribution in [0.1, 0.15) is 24.5 Å². The SMILES string of the molecule is Cc1cc(C)c2c(c1)SC(CC(=O)O)C(C)N2C. The van der Waals surface area contributed by atoms with E-state index in [0.29, 0.717) is 0 Å². The maximum absolute atomic E-state index is 10.9. The lowest BCUT2D eigenvalue weighted by Crippen LogP contribution is -2.42. The minimum Gasteiger partial charge on any atom is -0.481 e. The molecule has 0 bridgehead atoms. The standard InChI is InChI=1S/C14H19NO2S/c1-8-5-9(2)14-12(6-8)18-11(7-13(16)17)10(3)15(14)4/h5-6,10-11H,7H2,1-4H3,(H,16,17). The minimum absolute atomic E-state index is 0.112. The van der Waals surface area contributed by atoms with Crippen LogP contribution in [0.2, 0.25) is 0 Å². The fourth-order valence-corrected chi connectivity index (χ4v) is 4.16. The van der Waals surface area contributed by atoms with Crippen LogP contribution in [0.5, 0.6) is 0 Å². The maximum atomic E-state index is 10.9. The van der Waals surface area contributed by atoms with E-state index in [-0.39, 0.29) is 17.7 Å². The lowest BCUT2D eigenvalue weighted by atomic mass is 10.1. The zero-order valence-corrected chi connectivity index (χ0v) is 12.0. The summed E-state index contributed by atoms with van der Waals surface area (Å²) in [5.74, 6) is -0.722. The Hall–Kier alpha value is -1.16. The van der Waals surface area contributed by atoms with Crippen LogP contribution >= 0.6 is 11.8 Å². The lowest BCUT2D eigenvalue weighted by Gasteiger charge is -2.40. The van der Waals surface area contributed by atoms with Crippen LogP contribution in [0, 0.1) is 13.8 Å². The van der Waals surface area contributed by atoms with Gasteiger partial charge < -0.3 is 10.0 Å². The highest BCUT2D eigenvalue weighted by atomic mass is 32.2. The van der Waals surface area contributed by atoms with Crippen molar-refractivity contribution in [1.82, 2.24) is 0 Å². The minimum atomic E-state index is -0.722. The van der Waals surface area contributed by atoms with Gasteiger partial charge in [-0.3, -0.25) is 4.79 Å². The Morgan fingerprint density at radius 2 is 2.11 bits per heavy atom. The molecule has 0 aromatic heterocycles. The van der Waals surface area contributed by atoms with Crippen molar-refractivity contribution in [3.63, 3.8) is 0 Å². The van der Waals surface area contributed by atoms with Crippen LogP contribution in [0.3, 0.4) is 0 Å². The summed E-state index contributed by atoms with van der Waals surface area (Å²) in [5.41, 5.74) is 3.75. The number of carboxylic acids is 1. The van der Waals surface area contributed by atoms with Gasteiger partial charge >= 0.3 is 5.97 Å².